The molecule has 5 nitrogen and oxygen atoms in total. The van der Waals surface area contributed by atoms with Crippen LogP contribution in [-0.2, 0) is 11.3 Å². The van der Waals surface area contributed by atoms with E-state index in [2.05, 4.69) is 21.2 Å². The molecule has 0 aromatic heterocycles. The monoisotopic (exact) mass is 394 g/mol. The maximum atomic E-state index is 13.7. The second-order valence-corrected chi connectivity index (χ2v) is 6.92. The van der Waals surface area contributed by atoms with Crippen LogP contribution in [0.15, 0.2) is 22.7 Å². The van der Waals surface area contributed by atoms with Crippen molar-refractivity contribution >= 4 is 22.0 Å². The fourth-order valence-corrected chi connectivity index (χ4v) is 2.07. The largest absolute Gasteiger partial charge is 0.506 e. The highest BCUT2D eigenvalue weighted by molar-refractivity contribution is 9.10. The minimum Gasteiger partial charge on any atom is -0.506 e. The van der Waals surface area contributed by atoms with Crippen molar-refractivity contribution in [2.45, 2.75) is 38.8 Å². The number of phenolic OH excluding ortho intramolecular Hbond substituents is 1. The van der Waals surface area contributed by atoms with Gasteiger partial charge in [0.2, 0.25) is 0 Å². The molecule has 3 N–H and O–H groups in total. The van der Waals surface area contributed by atoms with E-state index >= 15 is 0 Å². The van der Waals surface area contributed by atoms with Gasteiger partial charge in [-0.05, 0) is 42.8 Å². The van der Waals surface area contributed by atoms with Gasteiger partial charge in [-0.25, -0.2) is 13.6 Å². The molecule has 0 aliphatic heterocycles. The van der Waals surface area contributed by atoms with Crippen molar-refractivity contribution in [1.82, 2.24) is 10.6 Å². The van der Waals surface area contributed by atoms with Crippen molar-refractivity contribution < 1.29 is 23.4 Å². The Balaban J connectivity index is 2.41. The number of rotatable bonds is 6. The third-order valence-corrected chi connectivity index (χ3v) is 3.30. The van der Waals surface area contributed by atoms with Crippen LogP contribution < -0.4 is 10.6 Å². The van der Waals surface area contributed by atoms with Crippen LogP contribution in [0.5, 0.6) is 5.75 Å². The van der Waals surface area contributed by atoms with E-state index in [0.717, 1.165) is 0 Å². The van der Waals surface area contributed by atoms with Gasteiger partial charge in [0.1, 0.15) is 11.4 Å². The molecule has 0 fully saturated rings. The Morgan fingerprint density at radius 2 is 1.96 bits per heavy atom. The van der Waals surface area contributed by atoms with Crippen LogP contribution in [0.2, 0.25) is 0 Å². The molecule has 8 heteroatoms. The van der Waals surface area contributed by atoms with Gasteiger partial charge in [0.15, 0.2) is 0 Å². The number of phenols is 1. The highest BCUT2D eigenvalue weighted by Gasteiger charge is 2.30. The van der Waals surface area contributed by atoms with Crippen molar-refractivity contribution in [3.05, 3.63) is 28.2 Å². The molecule has 1 amide bonds. The van der Waals surface area contributed by atoms with Gasteiger partial charge in [0.05, 0.1) is 17.6 Å². The molecule has 0 heterocycles. The minimum atomic E-state index is -3.14. The van der Waals surface area contributed by atoms with Gasteiger partial charge in [-0.3, -0.25) is 0 Å². The fraction of sp³-hybridized carbons (Fsp3) is 0.533. The first-order valence-electron chi connectivity index (χ1n) is 7.02. The number of aromatic hydroxyl groups is 1. The van der Waals surface area contributed by atoms with E-state index in [0.29, 0.717) is 10.0 Å². The first-order valence-corrected chi connectivity index (χ1v) is 7.81. The van der Waals surface area contributed by atoms with E-state index in [1.807, 2.05) is 5.32 Å². The standard InChI is InChI=1S/C15H21BrF2N2O3/c1-14(2,3)23-13(22)20-9-15(17,18)8-19-7-10-5-4-6-11(16)12(10)21/h4-6,19,21H,7-9H2,1-3H3,(H,20,22). The predicted octanol–water partition coefficient (Wildman–Crippen LogP) is 3.40. The van der Waals surface area contributed by atoms with Crippen LogP contribution in [-0.4, -0.2) is 35.8 Å². The van der Waals surface area contributed by atoms with Crippen LogP contribution in [0.25, 0.3) is 0 Å². The van der Waals surface area contributed by atoms with E-state index in [-0.39, 0.29) is 12.3 Å². The van der Waals surface area contributed by atoms with Crippen LogP contribution >= 0.6 is 15.9 Å². The summed E-state index contributed by atoms with van der Waals surface area (Å²) in [5, 5.41) is 14.4. The average Bonchev–Trinajstić information content (AvgIpc) is 2.39. The first kappa shape index (κ1) is 19.6. The molecule has 0 atom stereocenters. The van der Waals surface area contributed by atoms with Crippen molar-refractivity contribution in [1.29, 1.82) is 0 Å². The van der Waals surface area contributed by atoms with Gasteiger partial charge < -0.3 is 20.5 Å². The van der Waals surface area contributed by atoms with Gasteiger partial charge in [0.25, 0.3) is 5.92 Å². The molecule has 0 bridgehead atoms. The SMILES string of the molecule is CC(C)(C)OC(=O)NCC(F)(F)CNCc1cccc(Br)c1O. The Kier molecular flexibility index (Phi) is 6.76. The van der Waals surface area contributed by atoms with Gasteiger partial charge in [-0.2, -0.15) is 0 Å². The Hall–Kier alpha value is -1.41. The van der Waals surface area contributed by atoms with Crippen LogP contribution in [0.4, 0.5) is 13.6 Å². The van der Waals surface area contributed by atoms with Crippen molar-refractivity contribution in [2.75, 3.05) is 13.1 Å². The Bertz CT molecular complexity index is 548. The van der Waals surface area contributed by atoms with E-state index in [1.165, 1.54) is 0 Å². The Morgan fingerprint density at radius 3 is 2.57 bits per heavy atom. The molecular formula is C15H21BrF2N2O3. The summed E-state index contributed by atoms with van der Waals surface area (Å²) in [5.74, 6) is -3.13. The summed E-state index contributed by atoms with van der Waals surface area (Å²) in [6, 6.07) is 4.98. The number of carbonyl (C=O) groups is 1. The Labute approximate surface area is 142 Å². The molecule has 0 saturated heterocycles. The molecule has 1 aromatic rings. The average molecular weight is 395 g/mol. The van der Waals surface area contributed by atoms with Crippen LogP contribution in [0.1, 0.15) is 26.3 Å². The molecule has 0 aliphatic carbocycles. The third-order valence-electron chi connectivity index (χ3n) is 2.66. The number of hydrogen-bond acceptors (Lipinski definition) is 4. The zero-order valence-electron chi connectivity index (χ0n) is 13.3. The van der Waals surface area contributed by atoms with Gasteiger partial charge in [0, 0.05) is 12.1 Å². The number of hydrogen-bond donors (Lipinski definition) is 3. The lowest BCUT2D eigenvalue weighted by Gasteiger charge is -2.22. The van der Waals surface area contributed by atoms with Crippen molar-refractivity contribution in [3.63, 3.8) is 0 Å². The number of nitrogens with one attached hydrogen (secondary N) is 2. The van der Waals surface area contributed by atoms with Gasteiger partial charge in [-0.1, -0.05) is 12.1 Å². The highest BCUT2D eigenvalue weighted by atomic mass is 79.9. The molecular weight excluding hydrogens is 374 g/mol. The van der Waals surface area contributed by atoms with Gasteiger partial charge >= 0.3 is 6.09 Å². The maximum absolute atomic E-state index is 13.7. The summed E-state index contributed by atoms with van der Waals surface area (Å²) < 4.78 is 32.8. The van der Waals surface area contributed by atoms with E-state index in [1.54, 1.807) is 39.0 Å². The summed E-state index contributed by atoms with van der Waals surface area (Å²) in [6.45, 7) is 3.55. The summed E-state index contributed by atoms with van der Waals surface area (Å²) in [5.41, 5.74) is -0.245. The number of ether oxygens (including phenoxy) is 1. The van der Waals surface area contributed by atoms with Gasteiger partial charge in [-0.15, -0.1) is 0 Å². The summed E-state index contributed by atoms with van der Waals surface area (Å²) in [4.78, 5) is 11.4. The number of alkyl halides is 2. The quantitative estimate of drug-likeness (QED) is 0.691. The van der Waals surface area contributed by atoms with Crippen molar-refractivity contribution in [2.24, 2.45) is 0 Å². The topological polar surface area (TPSA) is 70.6 Å². The van der Waals surface area contributed by atoms with Crippen LogP contribution in [0, 0.1) is 0 Å². The van der Waals surface area contributed by atoms with E-state index in [4.69, 9.17) is 4.74 Å². The molecule has 0 aliphatic rings. The zero-order valence-corrected chi connectivity index (χ0v) is 14.8. The second-order valence-electron chi connectivity index (χ2n) is 6.06. The molecule has 1 aromatic carbocycles. The van der Waals surface area contributed by atoms with Crippen molar-refractivity contribution in [3.8, 4) is 5.75 Å². The second kappa shape index (κ2) is 7.92. The lowest BCUT2D eigenvalue weighted by molar-refractivity contribution is -0.00379. The third kappa shape index (κ3) is 7.60. The number of amides is 1. The number of carbonyl (C=O) groups excluding carboxylic acids is 1. The maximum Gasteiger partial charge on any atom is 0.407 e. The summed E-state index contributed by atoms with van der Waals surface area (Å²) in [7, 11) is 0. The van der Waals surface area contributed by atoms with E-state index in [9.17, 15) is 18.7 Å². The number of alkyl carbamates (subject to hydrolysis) is 1. The zero-order chi connectivity index (χ0) is 17.7. The summed E-state index contributed by atoms with van der Waals surface area (Å²) >= 11 is 3.15. The lowest BCUT2D eigenvalue weighted by atomic mass is 10.2. The molecule has 0 spiro atoms. The number of halogens is 3. The predicted molar refractivity (Wildman–Crippen MR) is 86.7 cm³/mol. The molecule has 0 radical (unpaired) electrons. The molecule has 23 heavy (non-hydrogen) atoms. The summed E-state index contributed by atoms with van der Waals surface area (Å²) in [6.07, 6.45) is -0.887. The fourth-order valence-electron chi connectivity index (χ4n) is 1.66. The first-order chi connectivity index (χ1) is 10.5. The lowest BCUT2D eigenvalue weighted by Crippen LogP contribution is -2.44. The molecule has 0 unspecified atom stereocenters. The number of para-hydroxylation sites is 1. The molecule has 130 valence electrons. The van der Waals surface area contributed by atoms with Crippen LogP contribution in [0.3, 0.4) is 0 Å². The minimum absolute atomic E-state index is 0.00944. The molecule has 0 saturated carbocycles. The molecule has 1 rings (SSSR count). The smallest absolute Gasteiger partial charge is 0.407 e. The Morgan fingerprint density at radius 1 is 1.30 bits per heavy atom. The number of benzene rings is 1. The highest BCUT2D eigenvalue weighted by Crippen LogP contribution is 2.27. The normalized spacial score (nSPS) is 12.1. The van der Waals surface area contributed by atoms with E-state index < -0.39 is 30.7 Å².